The van der Waals surface area contributed by atoms with Gasteiger partial charge in [0.25, 0.3) is 10.0 Å². The van der Waals surface area contributed by atoms with Crippen molar-refractivity contribution in [1.29, 1.82) is 0 Å². The smallest absolute Gasteiger partial charge is 0.416 e. The fourth-order valence-corrected chi connectivity index (χ4v) is 4.50. The molecule has 0 saturated heterocycles. The van der Waals surface area contributed by atoms with Crippen LogP contribution in [0.3, 0.4) is 0 Å². The summed E-state index contributed by atoms with van der Waals surface area (Å²) in [5, 5.41) is 0. The number of carbonyl (C=O) groups is 1. The van der Waals surface area contributed by atoms with E-state index in [4.69, 9.17) is 9.15 Å². The highest BCUT2D eigenvalue weighted by molar-refractivity contribution is 7.93. The number of aryl methyl sites for hydroxylation is 2. The number of benzene rings is 2. The molecule has 2 aromatic carbocycles. The van der Waals surface area contributed by atoms with Gasteiger partial charge in [-0.1, -0.05) is 29.8 Å². The van der Waals surface area contributed by atoms with Gasteiger partial charge in [0.2, 0.25) is 0 Å². The first kappa shape index (κ1) is 23.4. The largest absolute Gasteiger partial charge is 0.462 e. The summed E-state index contributed by atoms with van der Waals surface area (Å²) in [5.74, 6) is -0.934. The molecule has 0 radical (unpaired) electrons. The topological polar surface area (TPSA) is 85.6 Å². The van der Waals surface area contributed by atoms with Crippen molar-refractivity contribution in [1.82, 2.24) is 0 Å². The fourth-order valence-electron chi connectivity index (χ4n) is 3.05. The van der Waals surface area contributed by atoms with E-state index in [2.05, 4.69) is 4.72 Å². The lowest BCUT2D eigenvalue weighted by atomic mass is 10.1. The van der Waals surface area contributed by atoms with Gasteiger partial charge in [-0.2, -0.15) is 13.2 Å². The standard InChI is InChI=1S/C22H20F3NO5S/c1-4-30-21(27)18-14(3)31-19(15-7-5-13(2)6-8-15)20(18)32(28,29)26-17-11-9-16(10-12-17)22(23,24)25/h5-12,26H,4H2,1-3H3. The summed E-state index contributed by atoms with van der Waals surface area (Å²) in [6, 6.07) is 10.3. The van der Waals surface area contributed by atoms with E-state index in [1.165, 1.54) is 6.92 Å². The molecule has 1 aromatic heterocycles. The number of halogens is 3. The van der Waals surface area contributed by atoms with E-state index in [-0.39, 0.29) is 29.4 Å². The summed E-state index contributed by atoms with van der Waals surface area (Å²) in [6.45, 7) is 4.87. The normalized spacial score (nSPS) is 11.9. The Morgan fingerprint density at radius 2 is 1.62 bits per heavy atom. The molecule has 0 amide bonds. The van der Waals surface area contributed by atoms with E-state index >= 15 is 0 Å². The molecule has 1 N–H and O–H groups in total. The van der Waals surface area contributed by atoms with Crippen LogP contribution < -0.4 is 4.72 Å². The van der Waals surface area contributed by atoms with Crippen LogP contribution in [0.25, 0.3) is 11.3 Å². The summed E-state index contributed by atoms with van der Waals surface area (Å²) < 4.78 is 77.9. The van der Waals surface area contributed by atoms with Gasteiger partial charge in [-0.05, 0) is 45.0 Å². The SMILES string of the molecule is CCOC(=O)c1c(C)oc(-c2ccc(C)cc2)c1S(=O)(=O)Nc1ccc(C(F)(F)F)cc1. The van der Waals surface area contributed by atoms with Crippen LogP contribution in [0.2, 0.25) is 0 Å². The lowest BCUT2D eigenvalue weighted by Gasteiger charge is -2.12. The molecule has 10 heteroatoms. The molecule has 3 rings (SSSR count). The van der Waals surface area contributed by atoms with Crippen molar-refractivity contribution in [3.63, 3.8) is 0 Å². The monoisotopic (exact) mass is 467 g/mol. The molecule has 6 nitrogen and oxygen atoms in total. The Balaban J connectivity index is 2.12. The van der Waals surface area contributed by atoms with E-state index < -0.39 is 32.6 Å². The number of carbonyl (C=O) groups excluding carboxylic acids is 1. The quantitative estimate of drug-likeness (QED) is 0.480. The first-order valence-corrected chi connectivity index (χ1v) is 11.0. The van der Waals surface area contributed by atoms with Gasteiger partial charge in [0.05, 0.1) is 12.2 Å². The third kappa shape index (κ3) is 4.80. The summed E-state index contributed by atoms with van der Waals surface area (Å²) in [7, 11) is -4.45. The highest BCUT2D eigenvalue weighted by atomic mass is 32.2. The van der Waals surface area contributed by atoms with Gasteiger partial charge in [0.1, 0.15) is 16.2 Å². The number of hydrogen-bond donors (Lipinski definition) is 1. The minimum absolute atomic E-state index is 0.00907. The zero-order valence-electron chi connectivity index (χ0n) is 17.4. The van der Waals surface area contributed by atoms with Gasteiger partial charge in [-0.25, -0.2) is 13.2 Å². The predicted molar refractivity (Wildman–Crippen MR) is 112 cm³/mol. The number of nitrogens with one attached hydrogen (secondary N) is 1. The molecular formula is C22H20F3NO5S. The Bertz CT molecular complexity index is 1230. The molecule has 32 heavy (non-hydrogen) atoms. The van der Waals surface area contributed by atoms with Crippen LogP contribution in [-0.2, 0) is 20.9 Å². The summed E-state index contributed by atoms with van der Waals surface area (Å²) in [4.78, 5) is 12.1. The number of furan rings is 1. The molecule has 3 aromatic rings. The lowest BCUT2D eigenvalue weighted by Crippen LogP contribution is -2.18. The van der Waals surface area contributed by atoms with E-state index in [1.54, 1.807) is 31.2 Å². The first-order valence-electron chi connectivity index (χ1n) is 9.51. The van der Waals surface area contributed by atoms with Crippen LogP contribution >= 0.6 is 0 Å². The number of rotatable bonds is 6. The van der Waals surface area contributed by atoms with Crippen LogP contribution in [0, 0.1) is 13.8 Å². The van der Waals surface area contributed by atoms with Gasteiger partial charge in [0, 0.05) is 11.3 Å². The molecule has 0 aliphatic heterocycles. The first-order chi connectivity index (χ1) is 14.9. The predicted octanol–water partition coefficient (Wildman–Crippen LogP) is 5.56. The van der Waals surface area contributed by atoms with Crippen LogP contribution in [0.5, 0.6) is 0 Å². The van der Waals surface area contributed by atoms with Gasteiger partial charge in [-0.3, -0.25) is 4.72 Å². The highest BCUT2D eigenvalue weighted by Crippen LogP contribution is 2.37. The third-order valence-corrected chi connectivity index (χ3v) is 6.00. The summed E-state index contributed by atoms with van der Waals surface area (Å²) >= 11 is 0. The van der Waals surface area contributed by atoms with E-state index in [0.29, 0.717) is 5.56 Å². The average molecular weight is 467 g/mol. The molecule has 0 spiro atoms. The fraction of sp³-hybridized carbons (Fsp3) is 0.227. The van der Waals surface area contributed by atoms with Gasteiger partial charge >= 0.3 is 12.1 Å². The van der Waals surface area contributed by atoms with Crippen molar-refractivity contribution in [2.45, 2.75) is 31.8 Å². The Kier molecular flexibility index (Phi) is 6.36. The Labute approximate surface area is 183 Å². The number of esters is 1. The second kappa shape index (κ2) is 8.70. The molecule has 0 aliphatic carbocycles. The maximum Gasteiger partial charge on any atom is 0.416 e. The number of alkyl halides is 3. The van der Waals surface area contributed by atoms with Gasteiger partial charge in [0.15, 0.2) is 5.76 Å². The number of anilines is 1. The van der Waals surface area contributed by atoms with Crippen molar-refractivity contribution >= 4 is 21.7 Å². The Morgan fingerprint density at radius 1 is 1.03 bits per heavy atom. The molecule has 0 aliphatic rings. The van der Waals surface area contributed by atoms with Crippen LogP contribution in [-0.4, -0.2) is 21.0 Å². The number of hydrogen-bond acceptors (Lipinski definition) is 5. The highest BCUT2D eigenvalue weighted by Gasteiger charge is 2.35. The van der Waals surface area contributed by atoms with E-state index in [1.807, 2.05) is 6.92 Å². The molecular weight excluding hydrogens is 447 g/mol. The van der Waals surface area contributed by atoms with Crippen LogP contribution in [0.1, 0.15) is 34.2 Å². The number of sulfonamides is 1. The van der Waals surface area contributed by atoms with Crippen LogP contribution in [0.15, 0.2) is 57.8 Å². The maximum atomic E-state index is 13.3. The van der Waals surface area contributed by atoms with Gasteiger partial charge < -0.3 is 9.15 Å². The van der Waals surface area contributed by atoms with Crippen molar-refractivity contribution in [3.8, 4) is 11.3 Å². The maximum absolute atomic E-state index is 13.3. The van der Waals surface area contributed by atoms with Crippen LogP contribution in [0.4, 0.5) is 18.9 Å². The second-order valence-electron chi connectivity index (χ2n) is 6.96. The van der Waals surface area contributed by atoms with Crippen molar-refractivity contribution in [2.24, 2.45) is 0 Å². The summed E-state index contributed by atoms with van der Waals surface area (Å²) in [5.41, 5.74) is 0.0208. The third-order valence-electron chi connectivity index (χ3n) is 4.57. The van der Waals surface area contributed by atoms with Crippen molar-refractivity contribution in [2.75, 3.05) is 11.3 Å². The van der Waals surface area contributed by atoms with Gasteiger partial charge in [-0.15, -0.1) is 0 Å². The van der Waals surface area contributed by atoms with E-state index in [0.717, 1.165) is 29.8 Å². The Hall–Kier alpha value is -3.27. The molecule has 0 saturated carbocycles. The Morgan fingerprint density at radius 3 is 2.16 bits per heavy atom. The lowest BCUT2D eigenvalue weighted by molar-refractivity contribution is -0.137. The average Bonchev–Trinajstić information content (AvgIpc) is 3.06. The molecule has 170 valence electrons. The van der Waals surface area contributed by atoms with Crippen molar-refractivity contribution < 1.29 is 35.5 Å². The molecule has 0 fully saturated rings. The molecule has 0 atom stereocenters. The minimum Gasteiger partial charge on any atom is -0.462 e. The molecule has 0 unspecified atom stereocenters. The minimum atomic E-state index is -4.56. The van der Waals surface area contributed by atoms with Crippen molar-refractivity contribution in [3.05, 3.63) is 71.0 Å². The zero-order valence-corrected chi connectivity index (χ0v) is 18.2. The molecule has 0 bridgehead atoms. The zero-order chi connectivity index (χ0) is 23.7. The number of ether oxygens (including phenoxy) is 1. The molecule has 1 heterocycles. The summed E-state index contributed by atoms with van der Waals surface area (Å²) in [6.07, 6.45) is -4.56. The second-order valence-corrected chi connectivity index (χ2v) is 8.58. The van der Waals surface area contributed by atoms with E-state index in [9.17, 15) is 26.4 Å².